The average molecular weight is 272 g/mol. The van der Waals surface area contributed by atoms with E-state index >= 15 is 0 Å². The molecule has 5 heteroatoms. The Morgan fingerprint density at radius 3 is 3.15 bits per heavy atom. The number of nitrogens with one attached hydrogen (secondary N) is 2. The number of hydrogen-bond acceptors (Lipinski definition) is 3. The second-order valence-electron chi connectivity index (χ2n) is 5.47. The first-order valence-electron chi connectivity index (χ1n) is 7.16. The first-order chi connectivity index (χ1) is 9.72. The van der Waals surface area contributed by atoms with Crippen molar-refractivity contribution in [2.24, 2.45) is 5.92 Å². The number of H-pyrrole nitrogens is 1. The molecule has 1 amide bonds. The lowest BCUT2D eigenvalue weighted by molar-refractivity contribution is -0.119. The van der Waals surface area contributed by atoms with Gasteiger partial charge in [-0.3, -0.25) is 4.79 Å². The normalized spacial score (nSPS) is 19.2. The summed E-state index contributed by atoms with van der Waals surface area (Å²) in [6.07, 6.45) is 2.30. The van der Waals surface area contributed by atoms with E-state index in [-0.39, 0.29) is 5.91 Å². The van der Waals surface area contributed by atoms with Gasteiger partial charge in [-0.05, 0) is 30.9 Å². The SMILES string of the molecule is CC(=O)NCC1CCCN(c2nc3ccccc3[nH]2)C1. The number of anilines is 1. The maximum Gasteiger partial charge on any atom is 0.216 e. The molecule has 1 fully saturated rings. The molecule has 2 heterocycles. The molecule has 1 atom stereocenters. The summed E-state index contributed by atoms with van der Waals surface area (Å²) in [5.74, 6) is 1.49. The zero-order valence-corrected chi connectivity index (χ0v) is 11.7. The summed E-state index contributed by atoms with van der Waals surface area (Å²) < 4.78 is 0. The van der Waals surface area contributed by atoms with Crippen LogP contribution in [-0.4, -0.2) is 35.5 Å². The number of benzene rings is 1. The van der Waals surface area contributed by atoms with E-state index in [1.165, 1.54) is 0 Å². The third-order valence-corrected chi connectivity index (χ3v) is 3.84. The van der Waals surface area contributed by atoms with Crippen LogP contribution in [0.15, 0.2) is 24.3 Å². The van der Waals surface area contributed by atoms with Crippen LogP contribution in [0.5, 0.6) is 0 Å². The lowest BCUT2D eigenvalue weighted by Crippen LogP contribution is -2.41. The molecule has 1 saturated heterocycles. The Balaban J connectivity index is 1.71. The molecule has 0 bridgehead atoms. The third-order valence-electron chi connectivity index (χ3n) is 3.84. The topological polar surface area (TPSA) is 61.0 Å². The standard InChI is InChI=1S/C15H20N4O/c1-11(20)16-9-12-5-4-8-19(10-12)15-17-13-6-2-3-7-14(13)18-15/h2-3,6-7,12H,4-5,8-10H2,1H3,(H,16,20)(H,17,18). The highest BCUT2D eigenvalue weighted by Crippen LogP contribution is 2.23. The summed E-state index contributed by atoms with van der Waals surface area (Å²) in [7, 11) is 0. The van der Waals surface area contributed by atoms with Crippen molar-refractivity contribution < 1.29 is 4.79 Å². The lowest BCUT2D eigenvalue weighted by Gasteiger charge is -2.32. The van der Waals surface area contributed by atoms with Crippen molar-refractivity contribution in [1.29, 1.82) is 0 Å². The molecular formula is C15H20N4O. The van der Waals surface area contributed by atoms with Gasteiger partial charge in [-0.15, -0.1) is 0 Å². The van der Waals surface area contributed by atoms with Crippen molar-refractivity contribution in [1.82, 2.24) is 15.3 Å². The van der Waals surface area contributed by atoms with Crippen molar-refractivity contribution in [3.63, 3.8) is 0 Å². The second-order valence-corrected chi connectivity index (χ2v) is 5.47. The van der Waals surface area contributed by atoms with Gasteiger partial charge < -0.3 is 15.2 Å². The Labute approximate surface area is 118 Å². The smallest absolute Gasteiger partial charge is 0.216 e. The number of amides is 1. The van der Waals surface area contributed by atoms with Gasteiger partial charge >= 0.3 is 0 Å². The number of piperidine rings is 1. The van der Waals surface area contributed by atoms with E-state index in [1.54, 1.807) is 6.92 Å². The highest BCUT2D eigenvalue weighted by Gasteiger charge is 2.22. The fraction of sp³-hybridized carbons (Fsp3) is 0.467. The van der Waals surface area contributed by atoms with E-state index in [0.29, 0.717) is 5.92 Å². The van der Waals surface area contributed by atoms with Crippen LogP contribution in [0.4, 0.5) is 5.95 Å². The summed E-state index contributed by atoms with van der Waals surface area (Å²) in [4.78, 5) is 21.3. The summed E-state index contributed by atoms with van der Waals surface area (Å²) in [5, 5.41) is 2.92. The third kappa shape index (κ3) is 2.76. The van der Waals surface area contributed by atoms with E-state index in [9.17, 15) is 4.79 Å². The zero-order valence-electron chi connectivity index (χ0n) is 11.7. The minimum atomic E-state index is 0.0471. The van der Waals surface area contributed by atoms with Gasteiger partial charge in [-0.25, -0.2) is 4.98 Å². The Bertz CT molecular complexity index is 574. The Hall–Kier alpha value is -2.04. The van der Waals surface area contributed by atoms with E-state index in [2.05, 4.69) is 20.2 Å². The second kappa shape index (κ2) is 5.53. The van der Waals surface area contributed by atoms with Crippen LogP contribution >= 0.6 is 0 Å². The number of rotatable bonds is 3. The van der Waals surface area contributed by atoms with E-state index in [1.807, 2.05) is 24.3 Å². The molecule has 2 N–H and O–H groups in total. The summed E-state index contributed by atoms with van der Waals surface area (Å²) in [5.41, 5.74) is 2.08. The van der Waals surface area contributed by atoms with E-state index in [4.69, 9.17) is 0 Å². The monoisotopic (exact) mass is 272 g/mol. The van der Waals surface area contributed by atoms with Crippen LogP contribution in [-0.2, 0) is 4.79 Å². The minimum absolute atomic E-state index is 0.0471. The summed E-state index contributed by atoms with van der Waals surface area (Å²) in [6.45, 7) is 4.29. The van der Waals surface area contributed by atoms with Gasteiger partial charge in [0.05, 0.1) is 11.0 Å². The quantitative estimate of drug-likeness (QED) is 0.897. The number of imidazole rings is 1. The van der Waals surface area contributed by atoms with Crippen LogP contribution < -0.4 is 10.2 Å². The Morgan fingerprint density at radius 1 is 1.50 bits per heavy atom. The highest BCUT2D eigenvalue weighted by atomic mass is 16.1. The zero-order chi connectivity index (χ0) is 13.9. The van der Waals surface area contributed by atoms with Crippen molar-refractivity contribution in [2.75, 3.05) is 24.5 Å². The van der Waals surface area contributed by atoms with Crippen LogP contribution in [0, 0.1) is 5.92 Å². The van der Waals surface area contributed by atoms with Crippen LogP contribution in [0.2, 0.25) is 0 Å². The lowest BCUT2D eigenvalue weighted by atomic mass is 9.98. The average Bonchev–Trinajstić information content (AvgIpc) is 2.89. The molecule has 1 unspecified atom stereocenters. The summed E-state index contributed by atoms with van der Waals surface area (Å²) >= 11 is 0. The van der Waals surface area contributed by atoms with Crippen molar-refractivity contribution >= 4 is 22.9 Å². The van der Waals surface area contributed by atoms with Gasteiger partial charge in [0.15, 0.2) is 0 Å². The number of carbonyl (C=O) groups is 1. The first-order valence-corrected chi connectivity index (χ1v) is 7.16. The van der Waals surface area contributed by atoms with Crippen molar-refractivity contribution in [2.45, 2.75) is 19.8 Å². The van der Waals surface area contributed by atoms with Crippen molar-refractivity contribution in [3.8, 4) is 0 Å². The number of carbonyl (C=O) groups excluding carboxylic acids is 1. The predicted octanol–water partition coefficient (Wildman–Crippen LogP) is 1.92. The van der Waals surface area contributed by atoms with E-state index < -0.39 is 0 Å². The molecule has 1 aliphatic heterocycles. The Kier molecular flexibility index (Phi) is 3.58. The number of para-hydroxylation sites is 2. The highest BCUT2D eigenvalue weighted by molar-refractivity contribution is 5.77. The molecule has 1 aromatic carbocycles. The number of aromatic amines is 1. The fourth-order valence-electron chi connectivity index (χ4n) is 2.80. The molecule has 5 nitrogen and oxygen atoms in total. The summed E-state index contributed by atoms with van der Waals surface area (Å²) in [6, 6.07) is 8.08. The molecule has 2 aromatic rings. The molecular weight excluding hydrogens is 252 g/mol. The van der Waals surface area contributed by atoms with Crippen molar-refractivity contribution in [3.05, 3.63) is 24.3 Å². The van der Waals surface area contributed by atoms with Crippen LogP contribution in [0.1, 0.15) is 19.8 Å². The number of nitrogens with zero attached hydrogens (tertiary/aromatic N) is 2. The molecule has 0 aliphatic carbocycles. The predicted molar refractivity (Wildman–Crippen MR) is 79.7 cm³/mol. The van der Waals surface area contributed by atoms with Gasteiger partial charge in [-0.2, -0.15) is 0 Å². The molecule has 20 heavy (non-hydrogen) atoms. The number of aromatic nitrogens is 2. The van der Waals surface area contributed by atoms with Gasteiger partial charge in [-0.1, -0.05) is 12.1 Å². The molecule has 106 valence electrons. The maximum atomic E-state index is 11.0. The fourth-order valence-corrected chi connectivity index (χ4v) is 2.80. The van der Waals surface area contributed by atoms with Crippen LogP contribution in [0.25, 0.3) is 11.0 Å². The van der Waals surface area contributed by atoms with Gasteiger partial charge in [0.2, 0.25) is 11.9 Å². The minimum Gasteiger partial charge on any atom is -0.356 e. The molecule has 0 saturated carbocycles. The maximum absolute atomic E-state index is 11.0. The molecule has 0 radical (unpaired) electrons. The van der Waals surface area contributed by atoms with Gasteiger partial charge in [0.25, 0.3) is 0 Å². The van der Waals surface area contributed by atoms with Crippen LogP contribution in [0.3, 0.4) is 0 Å². The largest absolute Gasteiger partial charge is 0.356 e. The van der Waals surface area contributed by atoms with Gasteiger partial charge in [0, 0.05) is 26.6 Å². The molecule has 0 spiro atoms. The van der Waals surface area contributed by atoms with Gasteiger partial charge in [0.1, 0.15) is 0 Å². The number of hydrogen-bond donors (Lipinski definition) is 2. The number of fused-ring (bicyclic) bond motifs is 1. The Morgan fingerprint density at radius 2 is 2.35 bits per heavy atom. The molecule has 3 rings (SSSR count). The first kappa shape index (κ1) is 13.0. The molecule has 1 aromatic heterocycles. The van der Waals surface area contributed by atoms with E-state index in [0.717, 1.165) is 49.5 Å². The molecule has 1 aliphatic rings.